The van der Waals surface area contributed by atoms with Gasteiger partial charge in [0.15, 0.2) is 6.29 Å². The Balaban J connectivity index is 1.65. The van der Waals surface area contributed by atoms with Crippen molar-refractivity contribution >= 4 is 5.69 Å². The predicted octanol–water partition coefficient (Wildman–Crippen LogP) is 4.20. The van der Waals surface area contributed by atoms with Crippen LogP contribution < -0.4 is 4.90 Å². The van der Waals surface area contributed by atoms with Crippen LogP contribution in [0.3, 0.4) is 0 Å². The van der Waals surface area contributed by atoms with Crippen molar-refractivity contribution in [3.05, 3.63) is 59.4 Å². The Morgan fingerprint density at radius 2 is 1.75 bits per heavy atom. The zero-order chi connectivity index (χ0) is 23.1. The lowest BCUT2D eigenvalue weighted by Crippen LogP contribution is -2.39. The summed E-state index contributed by atoms with van der Waals surface area (Å²) in [7, 11) is 4.15. The van der Waals surface area contributed by atoms with E-state index >= 15 is 0 Å². The number of benzene rings is 1. The molecule has 1 aliphatic heterocycles. The van der Waals surface area contributed by atoms with Crippen molar-refractivity contribution in [2.24, 2.45) is 5.92 Å². The van der Waals surface area contributed by atoms with Crippen LogP contribution in [0.1, 0.15) is 44.0 Å². The molecule has 0 bridgehead atoms. The van der Waals surface area contributed by atoms with Crippen molar-refractivity contribution in [1.29, 1.82) is 5.26 Å². The molecule has 1 aliphatic rings. The highest BCUT2D eigenvalue weighted by Gasteiger charge is 2.23. The molecule has 1 aromatic carbocycles. The van der Waals surface area contributed by atoms with Gasteiger partial charge in [-0.05, 0) is 42.8 Å². The van der Waals surface area contributed by atoms with E-state index in [0.29, 0.717) is 11.6 Å². The Labute approximate surface area is 192 Å². The van der Waals surface area contributed by atoms with E-state index in [4.69, 9.17) is 14.7 Å². The van der Waals surface area contributed by atoms with E-state index in [1.165, 1.54) is 11.1 Å². The van der Waals surface area contributed by atoms with Crippen LogP contribution in [0, 0.1) is 17.2 Å². The van der Waals surface area contributed by atoms with Crippen molar-refractivity contribution < 1.29 is 9.47 Å². The van der Waals surface area contributed by atoms with E-state index in [1.807, 2.05) is 6.07 Å². The molecule has 172 valence electrons. The number of anilines is 1. The average Bonchev–Trinajstić information content (AvgIpc) is 2.77. The topological polar surface area (TPSA) is 61.6 Å². The summed E-state index contributed by atoms with van der Waals surface area (Å²) in [5, 5.41) is 9.08. The van der Waals surface area contributed by atoms with Crippen LogP contribution in [0.4, 0.5) is 5.69 Å². The maximum atomic E-state index is 9.08. The number of hydrogen-bond donors (Lipinski definition) is 0. The quantitative estimate of drug-likeness (QED) is 0.618. The number of aromatic nitrogens is 1. The third-order valence-corrected chi connectivity index (χ3v) is 5.71. The lowest BCUT2D eigenvalue weighted by atomic mass is 9.87. The predicted molar refractivity (Wildman–Crippen MR) is 127 cm³/mol. The molecule has 6 heteroatoms. The number of hydrogen-bond acceptors (Lipinski definition) is 6. The van der Waals surface area contributed by atoms with Gasteiger partial charge in [-0.25, -0.2) is 4.98 Å². The minimum absolute atomic E-state index is 0.134. The molecule has 6 nitrogen and oxygen atoms in total. The van der Waals surface area contributed by atoms with E-state index in [9.17, 15) is 0 Å². The summed E-state index contributed by atoms with van der Waals surface area (Å²) >= 11 is 0. The summed E-state index contributed by atoms with van der Waals surface area (Å²) in [6.07, 6.45) is 2.36. The Kier molecular flexibility index (Phi) is 8.25. The van der Waals surface area contributed by atoms with Gasteiger partial charge in [-0.2, -0.15) is 5.26 Å². The van der Waals surface area contributed by atoms with Gasteiger partial charge >= 0.3 is 0 Å². The molecular formula is C26H36N4O2. The van der Waals surface area contributed by atoms with Gasteiger partial charge in [0.25, 0.3) is 0 Å². The minimum Gasteiger partial charge on any atom is -0.366 e. The minimum atomic E-state index is -0.189. The Hall–Kier alpha value is -2.46. The van der Waals surface area contributed by atoms with Gasteiger partial charge in [0.2, 0.25) is 0 Å². The highest BCUT2D eigenvalue weighted by molar-refractivity contribution is 5.46. The fraction of sp³-hybridized carbons (Fsp3) is 0.538. The van der Waals surface area contributed by atoms with E-state index < -0.39 is 0 Å². The fourth-order valence-corrected chi connectivity index (χ4v) is 3.90. The number of pyridine rings is 1. The summed E-state index contributed by atoms with van der Waals surface area (Å²) < 4.78 is 12.0. The molecule has 1 aromatic heterocycles. The highest BCUT2D eigenvalue weighted by atomic mass is 16.7. The first-order valence-corrected chi connectivity index (χ1v) is 11.3. The zero-order valence-corrected chi connectivity index (χ0v) is 20.0. The number of rotatable bonds is 8. The Morgan fingerprint density at radius 1 is 1.06 bits per heavy atom. The van der Waals surface area contributed by atoms with Gasteiger partial charge in [0.05, 0.1) is 25.1 Å². The van der Waals surface area contributed by atoms with Crippen molar-refractivity contribution in [2.45, 2.75) is 45.4 Å². The maximum Gasteiger partial charge on any atom is 0.159 e. The van der Waals surface area contributed by atoms with Gasteiger partial charge in [-0.3, -0.25) is 0 Å². The second-order valence-corrected chi connectivity index (χ2v) is 9.90. The normalized spacial score (nSPS) is 19.0. The van der Waals surface area contributed by atoms with E-state index in [1.54, 1.807) is 12.3 Å². The molecule has 0 saturated carbocycles. The molecule has 0 N–H and O–H groups in total. The Morgan fingerprint density at radius 3 is 2.28 bits per heavy atom. The van der Waals surface area contributed by atoms with Gasteiger partial charge in [-0.15, -0.1) is 0 Å². The van der Waals surface area contributed by atoms with E-state index in [-0.39, 0.29) is 11.7 Å². The molecule has 0 amide bonds. The van der Waals surface area contributed by atoms with Crippen LogP contribution in [-0.4, -0.2) is 56.6 Å². The van der Waals surface area contributed by atoms with Crippen LogP contribution in [0.2, 0.25) is 0 Å². The highest BCUT2D eigenvalue weighted by Crippen LogP contribution is 2.24. The third-order valence-electron chi connectivity index (χ3n) is 5.71. The van der Waals surface area contributed by atoms with Gasteiger partial charge < -0.3 is 19.3 Å². The first-order valence-electron chi connectivity index (χ1n) is 11.3. The molecule has 1 fully saturated rings. The van der Waals surface area contributed by atoms with Gasteiger partial charge in [-0.1, -0.05) is 45.0 Å². The summed E-state index contributed by atoms with van der Waals surface area (Å²) in [5.41, 5.74) is 4.11. The molecule has 1 saturated heterocycles. The number of ether oxygens (including phenoxy) is 2. The molecule has 0 unspecified atom stereocenters. The van der Waals surface area contributed by atoms with Crippen molar-refractivity contribution in [3.63, 3.8) is 0 Å². The van der Waals surface area contributed by atoms with Crippen LogP contribution in [0.25, 0.3) is 0 Å². The summed E-state index contributed by atoms with van der Waals surface area (Å²) in [5.74, 6) is 0.418. The molecule has 3 rings (SSSR count). The second-order valence-electron chi connectivity index (χ2n) is 9.90. The fourth-order valence-electron chi connectivity index (χ4n) is 3.90. The van der Waals surface area contributed by atoms with Gasteiger partial charge in [0.1, 0.15) is 11.8 Å². The van der Waals surface area contributed by atoms with E-state index in [0.717, 1.165) is 45.0 Å². The lowest BCUT2D eigenvalue weighted by molar-refractivity contribution is -0.203. The SMILES string of the molecule is CN(C)CC1COC(CCN(Cc2ccc(C(C)(C)C)cc2)c2ccc(C#N)nc2)OC1. The Bertz CT molecular complexity index is 874. The smallest absolute Gasteiger partial charge is 0.159 e. The summed E-state index contributed by atoms with van der Waals surface area (Å²) in [6.45, 7) is 10.6. The molecule has 2 heterocycles. The zero-order valence-electron chi connectivity index (χ0n) is 20.0. The van der Waals surface area contributed by atoms with Crippen molar-refractivity contribution in [2.75, 3.05) is 45.3 Å². The third kappa shape index (κ3) is 7.03. The van der Waals surface area contributed by atoms with Crippen LogP contribution in [-0.2, 0) is 21.4 Å². The summed E-state index contributed by atoms with van der Waals surface area (Å²) in [6, 6.07) is 14.6. The molecule has 32 heavy (non-hydrogen) atoms. The van der Waals surface area contributed by atoms with Crippen molar-refractivity contribution in [1.82, 2.24) is 9.88 Å². The second kappa shape index (κ2) is 10.9. The van der Waals surface area contributed by atoms with Gasteiger partial charge in [0, 0.05) is 32.0 Å². The van der Waals surface area contributed by atoms with Crippen LogP contribution in [0.15, 0.2) is 42.6 Å². The molecule has 0 aliphatic carbocycles. The maximum absolute atomic E-state index is 9.08. The lowest BCUT2D eigenvalue weighted by Gasteiger charge is -2.33. The molecule has 0 atom stereocenters. The first-order chi connectivity index (χ1) is 15.2. The van der Waals surface area contributed by atoms with Crippen molar-refractivity contribution in [3.8, 4) is 6.07 Å². The van der Waals surface area contributed by atoms with Crippen LogP contribution >= 0.6 is 0 Å². The largest absolute Gasteiger partial charge is 0.366 e. The molecular weight excluding hydrogens is 400 g/mol. The number of nitrogens with zero attached hydrogens (tertiary/aromatic N) is 4. The molecule has 0 radical (unpaired) electrons. The van der Waals surface area contributed by atoms with Crippen LogP contribution in [0.5, 0.6) is 0 Å². The molecule has 0 spiro atoms. The first kappa shape index (κ1) is 24.2. The number of nitriles is 1. The van der Waals surface area contributed by atoms with E-state index in [2.05, 4.69) is 80.0 Å². The standard InChI is InChI=1S/C26H36N4O2/c1-26(2,3)22-8-6-20(7-9-22)17-30(24-11-10-23(14-27)28-15-24)13-12-25-31-18-21(19-32-25)16-29(4)5/h6-11,15,21,25H,12-13,16-19H2,1-5H3. The summed E-state index contributed by atoms with van der Waals surface area (Å²) in [4.78, 5) is 8.71. The average molecular weight is 437 g/mol. The monoisotopic (exact) mass is 436 g/mol. The molecule has 2 aromatic rings.